The molecule has 0 aromatic heterocycles. The predicted octanol–water partition coefficient (Wildman–Crippen LogP) is 3.88. The minimum Gasteiger partial charge on any atom is -0.315 e. The maximum absolute atomic E-state index is 12.6. The van der Waals surface area contributed by atoms with Gasteiger partial charge in [-0.2, -0.15) is 5.26 Å². The summed E-state index contributed by atoms with van der Waals surface area (Å²) in [5.74, 6) is 0.382. The van der Waals surface area contributed by atoms with E-state index in [1.807, 2.05) is 19.2 Å². The Morgan fingerprint density at radius 3 is 2.20 bits per heavy atom. The summed E-state index contributed by atoms with van der Waals surface area (Å²) in [5.41, 5.74) is 1.50. The summed E-state index contributed by atoms with van der Waals surface area (Å²) < 4.78 is 0. The highest BCUT2D eigenvalue weighted by atomic mass is 16.2. The second kappa shape index (κ2) is 7.09. The van der Waals surface area contributed by atoms with Gasteiger partial charge in [0.25, 0.3) is 0 Å². The molecule has 1 fully saturated rings. The van der Waals surface area contributed by atoms with Crippen molar-refractivity contribution >= 4 is 11.6 Å². The highest BCUT2D eigenvalue weighted by molar-refractivity contribution is 5.94. The Morgan fingerprint density at radius 2 is 1.65 bits per heavy atom. The molecule has 1 amide bonds. The molecule has 1 aliphatic carbocycles. The smallest absolute Gasteiger partial charge is 0.229 e. The second-order valence-electron chi connectivity index (χ2n) is 5.60. The van der Waals surface area contributed by atoms with Gasteiger partial charge in [-0.15, -0.1) is 0 Å². The molecule has 1 aromatic rings. The Kier molecular flexibility index (Phi) is 5.17. The van der Waals surface area contributed by atoms with Gasteiger partial charge in [-0.25, -0.2) is 0 Å². The van der Waals surface area contributed by atoms with E-state index in [0.29, 0.717) is 5.56 Å². The Hall–Kier alpha value is -1.82. The van der Waals surface area contributed by atoms with E-state index in [4.69, 9.17) is 5.26 Å². The van der Waals surface area contributed by atoms with E-state index in [-0.39, 0.29) is 11.8 Å². The van der Waals surface area contributed by atoms with Crippen molar-refractivity contribution in [3.63, 3.8) is 0 Å². The Morgan fingerprint density at radius 1 is 1.10 bits per heavy atom. The molecule has 3 nitrogen and oxygen atoms in total. The number of hydrogen-bond acceptors (Lipinski definition) is 2. The molecule has 0 unspecified atom stereocenters. The number of rotatable bonds is 2. The van der Waals surface area contributed by atoms with Gasteiger partial charge in [0.15, 0.2) is 0 Å². The molecular formula is C17H22N2O. The summed E-state index contributed by atoms with van der Waals surface area (Å²) in [6.07, 6.45) is 8.18. The zero-order valence-corrected chi connectivity index (χ0v) is 12.1. The second-order valence-corrected chi connectivity index (χ2v) is 5.60. The lowest BCUT2D eigenvalue weighted by Gasteiger charge is -2.25. The van der Waals surface area contributed by atoms with Gasteiger partial charge >= 0.3 is 0 Å². The van der Waals surface area contributed by atoms with Crippen molar-refractivity contribution < 1.29 is 4.79 Å². The van der Waals surface area contributed by atoms with Gasteiger partial charge in [-0.3, -0.25) is 4.79 Å². The van der Waals surface area contributed by atoms with Crippen LogP contribution in [0.2, 0.25) is 0 Å². The zero-order valence-electron chi connectivity index (χ0n) is 12.1. The van der Waals surface area contributed by atoms with E-state index in [9.17, 15) is 4.79 Å². The molecule has 0 N–H and O–H groups in total. The van der Waals surface area contributed by atoms with Crippen LogP contribution in [0.25, 0.3) is 0 Å². The van der Waals surface area contributed by atoms with Crippen molar-refractivity contribution in [1.82, 2.24) is 0 Å². The van der Waals surface area contributed by atoms with Gasteiger partial charge in [0, 0.05) is 18.7 Å². The molecule has 0 saturated heterocycles. The molecule has 1 saturated carbocycles. The van der Waals surface area contributed by atoms with Gasteiger partial charge in [0.2, 0.25) is 5.91 Å². The highest BCUT2D eigenvalue weighted by Crippen LogP contribution is 2.25. The number of carbonyl (C=O) groups is 1. The van der Waals surface area contributed by atoms with Crippen LogP contribution >= 0.6 is 0 Å². The first-order chi connectivity index (χ1) is 9.72. The lowest BCUT2D eigenvalue weighted by Crippen LogP contribution is -2.33. The molecule has 0 aliphatic heterocycles. The van der Waals surface area contributed by atoms with Crippen LogP contribution in [0.4, 0.5) is 5.69 Å². The lowest BCUT2D eigenvalue weighted by atomic mass is 9.90. The zero-order chi connectivity index (χ0) is 14.4. The molecule has 0 bridgehead atoms. The summed E-state index contributed by atoms with van der Waals surface area (Å²) in [7, 11) is 1.84. The monoisotopic (exact) mass is 270 g/mol. The third-order valence-corrected chi connectivity index (χ3v) is 4.17. The SMILES string of the molecule is CN(C(=O)C1CCCCCCC1)c1ccc(C#N)cc1. The van der Waals surface area contributed by atoms with Crippen LogP contribution in [0.5, 0.6) is 0 Å². The van der Waals surface area contributed by atoms with E-state index >= 15 is 0 Å². The molecule has 106 valence electrons. The third-order valence-electron chi connectivity index (χ3n) is 4.17. The van der Waals surface area contributed by atoms with E-state index in [0.717, 1.165) is 31.4 Å². The van der Waals surface area contributed by atoms with E-state index < -0.39 is 0 Å². The van der Waals surface area contributed by atoms with Crippen LogP contribution in [-0.4, -0.2) is 13.0 Å². The molecule has 3 heteroatoms. The van der Waals surface area contributed by atoms with Gasteiger partial charge in [-0.05, 0) is 37.1 Å². The van der Waals surface area contributed by atoms with Crippen molar-refractivity contribution in [3.8, 4) is 6.07 Å². The minimum absolute atomic E-state index is 0.163. The fourth-order valence-corrected chi connectivity index (χ4v) is 2.86. The lowest BCUT2D eigenvalue weighted by molar-refractivity contribution is -0.122. The van der Waals surface area contributed by atoms with Crippen LogP contribution in [-0.2, 0) is 4.79 Å². The number of nitriles is 1. The summed E-state index contributed by atoms with van der Waals surface area (Å²) in [5, 5.41) is 8.81. The van der Waals surface area contributed by atoms with Crippen LogP contribution in [0, 0.1) is 17.2 Å². The van der Waals surface area contributed by atoms with Crippen molar-refractivity contribution in [2.24, 2.45) is 5.92 Å². The molecular weight excluding hydrogens is 248 g/mol. The summed E-state index contributed by atoms with van der Waals surface area (Å²) >= 11 is 0. The average Bonchev–Trinajstić information content (AvgIpc) is 2.46. The maximum atomic E-state index is 12.6. The molecule has 1 aliphatic rings. The molecule has 20 heavy (non-hydrogen) atoms. The molecule has 0 spiro atoms. The van der Waals surface area contributed by atoms with Crippen LogP contribution in [0.1, 0.15) is 50.5 Å². The number of nitrogens with zero attached hydrogens (tertiary/aromatic N) is 2. The van der Waals surface area contributed by atoms with Crippen molar-refractivity contribution in [2.75, 3.05) is 11.9 Å². The minimum atomic E-state index is 0.163. The van der Waals surface area contributed by atoms with E-state index in [1.54, 1.807) is 17.0 Å². The van der Waals surface area contributed by atoms with Crippen molar-refractivity contribution in [3.05, 3.63) is 29.8 Å². The van der Waals surface area contributed by atoms with Crippen LogP contribution in [0.3, 0.4) is 0 Å². The number of carbonyl (C=O) groups excluding carboxylic acids is 1. The number of hydrogen-bond donors (Lipinski definition) is 0. The Bertz CT molecular complexity index is 479. The molecule has 0 heterocycles. The number of anilines is 1. The van der Waals surface area contributed by atoms with Crippen molar-refractivity contribution in [2.45, 2.75) is 44.9 Å². The highest BCUT2D eigenvalue weighted by Gasteiger charge is 2.23. The summed E-state index contributed by atoms with van der Waals surface area (Å²) in [6.45, 7) is 0. The standard InChI is InChI=1S/C17H22N2O/c1-19(16-11-9-14(13-18)10-12-16)17(20)15-7-5-3-2-4-6-8-15/h9-12,15H,2-8H2,1H3. The largest absolute Gasteiger partial charge is 0.315 e. The van der Waals surface area contributed by atoms with Gasteiger partial charge < -0.3 is 4.90 Å². The first-order valence-corrected chi connectivity index (χ1v) is 7.50. The summed E-state index contributed by atoms with van der Waals surface area (Å²) in [6, 6.07) is 9.31. The first-order valence-electron chi connectivity index (χ1n) is 7.50. The number of amides is 1. The average molecular weight is 270 g/mol. The van der Waals surface area contributed by atoms with Crippen molar-refractivity contribution in [1.29, 1.82) is 5.26 Å². The molecule has 0 radical (unpaired) electrons. The maximum Gasteiger partial charge on any atom is 0.229 e. The fourth-order valence-electron chi connectivity index (χ4n) is 2.86. The Labute approximate surface area is 121 Å². The Balaban J connectivity index is 2.04. The summed E-state index contributed by atoms with van der Waals surface area (Å²) in [4.78, 5) is 14.3. The number of benzene rings is 1. The van der Waals surface area contributed by atoms with Crippen LogP contribution < -0.4 is 4.90 Å². The quantitative estimate of drug-likeness (QED) is 0.818. The molecule has 1 aromatic carbocycles. The van der Waals surface area contributed by atoms with Crippen LogP contribution in [0.15, 0.2) is 24.3 Å². The topological polar surface area (TPSA) is 44.1 Å². The third kappa shape index (κ3) is 3.60. The molecule has 0 atom stereocenters. The van der Waals surface area contributed by atoms with Gasteiger partial charge in [0.05, 0.1) is 11.6 Å². The van der Waals surface area contributed by atoms with Gasteiger partial charge in [0.1, 0.15) is 0 Å². The predicted molar refractivity (Wildman–Crippen MR) is 80.4 cm³/mol. The van der Waals surface area contributed by atoms with E-state index in [1.165, 1.54) is 19.3 Å². The first kappa shape index (κ1) is 14.6. The normalized spacial score (nSPS) is 16.8. The van der Waals surface area contributed by atoms with E-state index in [2.05, 4.69) is 6.07 Å². The molecule has 2 rings (SSSR count). The van der Waals surface area contributed by atoms with Gasteiger partial charge in [-0.1, -0.05) is 32.1 Å². The fraction of sp³-hybridized carbons (Fsp3) is 0.529.